The number of benzene rings is 1. The molecule has 0 bridgehead atoms. The van der Waals surface area contributed by atoms with Crippen molar-refractivity contribution >= 4 is 5.91 Å². The number of amides is 1. The number of carbonyl (C=O) groups excluding carboxylic acids is 1. The SMILES string of the molecule is NC(CC(=O)N(CC1CC1)CC1CC1)c1ccccc1. The van der Waals surface area contributed by atoms with E-state index in [1.807, 2.05) is 30.3 Å². The number of nitrogens with zero attached hydrogens (tertiary/aromatic N) is 1. The number of hydrogen-bond acceptors (Lipinski definition) is 2. The first-order chi connectivity index (χ1) is 9.72. The van der Waals surface area contributed by atoms with Gasteiger partial charge in [0.15, 0.2) is 0 Å². The van der Waals surface area contributed by atoms with Crippen molar-refractivity contribution in [1.82, 2.24) is 4.90 Å². The Morgan fingerprint density at radius 3 is 2.15 bits per heavy atom. The second-order valence-corrected chi connectivity index (χ2v) is 6.41. The molecule has 1 atom stereocenters. The van der Waals surface area contributed by atoms with Crippen molar-refractivity contribution in [2.24, 2.45) is 17.6 Å². The zero-order valence-corrected chi connectivity index (χ0v) is 12.0. The molecular weight excluding hydrogens is 248 g/mol. The molecule has 2 fully saturated rings. The maximum atomic E-state index is 12.5. The van der Waals surface area contributed by atoms with Crippen molar-refractivity contribution in [2.75, 3.05) is 13.1 Å². The van der Waals surface area contributed by atoms with Crippen molar-refractivity contribution < 1.29 is 4.79 Å². The van der Waals surface area contributed by atoms with E-state index >= 15 is 0 Å². The van der Waals surface area contributed by atoms with Gasteiger partial charge in [-0.2, -0.15) is 0 Å². The van der Waals surface area contributed by atoms with Gasteiger partial charge >= 0.3 is 0 Å². The first kappa shape index (κ1) is 13.6. The molecular formula is C17H24N2O. The van der Waals surface area contributed by atoms with E-state index in [0.717, 1.165) is 30.5 Å². The minimum absolute atomic E-state index is 0.176. The lowest BCUT2D eigenvalue weighted by molar-refractivity contribution is -0.132. The average molecular weight is 272 g/mol. The van der Waals surface area contributed by atoms with E-state index in [-0.39, 0.29) is 11.9 Å². The lowest BCUT2D eigenvalue weighted by Gasteiger charge is -2.24. The quantitative estimate of drug-likeness (QED) is 0.829. The second kappa shape index (κ2) is 5.96. The normalized spacial score (nSPS) is 19.6. The van der Waals surface area contributed by atoms with E-state index in [0.29, 0.717) is 6.42 Å². The van der Waals surface area contributed by atoms with Crippen LogP contribution < -0.4 is 5.73 Å². The molecule has 2 N–H and O–H groups in total. The van der Waals surface area contributed by atoms with Crippen LogP contribution in [0.1, 0.15) is 43.7 Å². The monoisotopic (exact) mass is 272 g/mol. The molecule has 20 heavy (non-hydrogen) atoms. The maximum Gasteiger partial charge on any atom is 0.224 e. The topological polar surface area (TPSA) is 46.3 Å². The molecule has 0 saturated heterocycles. The predicted molar refractivity (Wildman–Crippen MR) is 80.0 cm³/mol. The number of hydrogen-bond donors (Lipinski definition) is 1. The second-order valence-electron chi connectivity index (χ2n) is 6.41. The van der Waals surface area contributed by atoms with Gasteiger partial charge in [-0.25, -0.2) is 0 Å². The van der Waals surface area contributed by atoms with Gasteiger partial charge in [0.2, 0.25) is 5.91 Å². The Kier molecular flexibility index (Phi) is 4.06. The Hall–Kier alpha value is -1.35. The highest BCUT2D eigenvalue weighted by atomic mass is 16.2. The lowest BCUT2D eigenvalue weighted by Crippen LogP contribution is -2.36. The van der Waals surface area contributed by atoms with Crippen LogP contribution in [0.5, 0.6) is 0 Å². The smallest absolute Gasteiger partial charge is 0.224 e. The fraction of sp³-hybridized carbons (Fsp3) is 0.588. The highest BCUT2D eigenvalue weighted by molar-refractivity contribution is 5.77. The molecule has 0 aliphatic heterocycles. The summed E-state index contributed by atoms with van der Waals surface area (Å²) in [5.41, 5.74) is 7.23. The van der Waals surface area contributed by atoms with Crippen LogP contribution in [0, 0.1) is 11.8 Å². The standard InChI is InChI=1S/C17H24N2O/c18-16(15-4-2-1-3-5-15)10-17(20)19(11-13-6-7-13)12-14-8-9-14/h1-5,13-14,16H,6-12,18H2. The van der Waals surface area contributed by atoms with Gasteiger partial charge in [0, 0.05) is 25.6 Å². The van der Waals surface area contributed by atoms with Crippen LogP contribution in [0.3, 0.4) is 0 Å². The Labute approximate surface area is 121 Å². The fourth-order valence-electron chi connectivity index (χ4n) is 2.64. The summed E-state index contributed by atoms with van der Waals surface area (Å²) in [6.07, 6.45) is 5.60. The van der Waals surface area contributed by atoms with Crippen molar-refractivity contribution in [3.05, 3.63) is 35.9 Å². The van der Waals surface area contributed by atoms with Crippen molar-refractivity contribution in [3.63, 3.8) is 0 Å². The van der Waals surface area contributed by atoms with Crippen LogP contribution in [-0.2, 0) is 4.79 Å². The van der Waals surface area contributed by atoms with E-state index in [1.165, 1.54) is 25.7 Å². The number of nitrogens with two attached hydrogens (primary N) is 1. The molecule has 3 rings (SSSR count). The van der Waals surface area contributed by atoms with Crippen LogP contribution in [-0.4, -0.2) is 23.9 Å². The van der Waals surface area contributed by atoms with Crippen molar-refractivity contribution in [3.8, 4) is 0 Å². The van der Waals surface area contributed by atoms with Gasteiger partial charge in [-0.05, 0) is 43.1 Å². The van der Waals surface area contributed by atoms with Gasteiger partial charge in [0.05, 0.1) is 0 Å². The average Bonchev–Trinajstić information content (AvgIpc) is 3.34. The molecule has 1 aromatic carbocycles. The molecule has 1 unspecified atom stereocenters. The number of rotatable bonds is 7. The van der Waals surface area contributed by atoms with Crippen LogP contribution in [0.2, 0.25) is 0 Å². The van der Waals surface area contributed by atoms with Crippen molar-refractivity contribution in [1.29, 1.82) is 0 Å². The summed E-state index contributed by atoms with van der Waals surface area (Å²) in [7, 11) is 0. The molecule has 108 valence electrons. The summed E-state index contributed by atoms with van der Waals surface area (Å²) in [5, 5.41) is 0. The summed E-state index contributed by atoms with van der Waals surface area (Å²) < 4.78 is 0. The molecule has 0 aromatic heterocycles. The fourth-order valence-corrected chi connectivity index (χ4v) is 2.64. The molecule has 0 heterocycles. The van der Waals surface area contributed by atoms with Crippen molar-refractivity contribution in [2.45, 2.75) is 38.1 Å². The summed E-state index contributed by atoms with van der Waals surface area (Å²) in [5.74, 6) is 1.75. The minimum Gasteiger partial charge on any atom is -0.342 e. The molecule has 2 saturated carbocycles. The Morgan fingerprint density at radius 2 is 1.65 bits per heavy atom. The first-order valence-corrected chi connectivity index (χ1v) is 7.80. The third-order valence-corrected chi connectivity index (χ3v) is 4.33. The Morgan fingerprint density at radius 1 is 1.10 bits per heavy atom. The van der Waals surface area contributed by atoms with Gasteiger partial charge in [-0.15, -0.1) is 0 Å². The van der Waals surface area contributed by atoms with Crippen LogP contribution in [0.25, 0.3) is 0 Å². The first-order valence-electron chi connectivity index (χ1n) is 7.80. The zero-order chi connectivity index (χ0) is 13.9. The minimum atomic E-state index is -0.176. The summed E-state index contributed by atoms with van der Waals surface area (Å²) >= 11 is 0. The molecule has 0 spiro atoms. The Bertz CT molecular complexity index is 437. The maximum absolute atomic E-state index is 12.5. The van der Waals surface area contributed by atoms with Crippen LogP contribution >= 0.6 is 0 Å². The van der Waals surface area contributed by atoms with E-state index in [2.05, 4.69) is 4.90 Å². The lowest BCUT2D eigenvalue weighted by atomic mass is 10.0. The molecule has 3 nitrogen and oxygen atoms in total. The third-order valence-electron chi connectivity index (χ3n) is 4.33. The van der Waals surface area contributed by atoms with Gasteiger partial charge in [-0.3, -0.25) is 4.79 Å². The van der Waals surface area contributed by atoms with E-state index < -0.39 is 0 Å². The largest absolute Gasteiger partial charge is 0.342 e. The molecule has 2 aliphatic rings. The summed E-state index contributed by atoms with van der Waals surface area (Å²) in [6, 6.07) is 9.76. The zero-order valence-electron chi connectivity index (χ0n) is 12.0. The van der Waals surface area contributed by atoms with Gasteiger partial charge < -0.3 is 10.6 Å². The predicted octanol–water partition coefficient (Wildman–Crippen LogP) is 2.73. The van der Waals surface area contributed by atoms with Gasteiger partial charge in [0.1, 0.15) is 0 Å². The summed E-state index contributed by atoms with van der Waals surface area (Å²) in [4.78, 5) is 14.6. The van der Waals surface area contributed by atoms with Crippen LogP contribution in [0.4, 0.5) is 0 Å². The van der Waals surface area contributed by atoms with E-state index in [9.17, 15) is 4.79 Å². The van der Waals surface area contributed by atoms with E-state index in [4.69, 9.17) is 5.73 Å². The summed E-state index contributed by atoms with van der Waals surface area (Å²) in [6.45, 7) is 1.91. The number of carbonyl (C=O) groups is 1. The Balaban J connectivity index is 1.57. The third kappa shape index (κ3) is 3.83. The van der Waals surface area contributed by atoms with Gasteiger partial charge in [-0.1, -0.05) is 30.3 Å². The van der Waals surface area contributed by atoms with Gasteiger partial charge in [0.25, 0.3) is 0 Å². The highest BCUT2D eigenvalue weighted by Crippen LogP contribution is 2.34. The molecule has 2 aliphatic carbocycles. The molecule has 3 heteroatoms. The van der Waals surface area contributed by atoms with Crippen LogP contribution in [0.15, 0.2) is 30.3 Å². The van der Waals surface area contributed by atoms with E-state index in [1.54, 1.807) is 0 Å². The molecule has 0 radical (unpaired) electrons. The molecule has 1 amide bonds. The molecule has 1 aromatic rings. The highest BCUT2D eigenvalue weighted by Gasteiger charge is 2.31.